The molecule has 20 heavy (non-hydrogen) atoms. The first kappa shape index (κ1) is 14.4. The minimum Gasteiger partial charge on any atom is -0.481 e. The van der Waals surface area contributed by atoms with Crippen LogP contribution in [0.5, 0.6) is 0 Å². The fourth-order valence-electron chi connectivity index (χ4n) is 2.09. The fraction of sp³-hybridized carbons (Fsp3) is 0.538. The van der Waals surface area contributed by atoms with Crippen LogP contribution in [0.3, 0.4) is 0 Å². The summed E-state index contributed by atoms with van der Waals surface area (Å²) >= 11 is 0. The number of nitrogens with one attached hydrogen (secondary N) is 2. The molecule has 0 bridgehead atoms. The fourth-order valence-corrected chi connectivity index (χ4v) is 2.09. The summed E-state index contributed by atoms with van der Waals surface area (Å²) in [5.41, 5.74) is -1.11. The van der Waals surface area contributed by atoms with E-state index in [1.807, 2.05) is 0 Å². The van der Waals surface area contributed by atoms with Crippen molar-refractivity contribution < 1.29 is 23.8 Å². The number of urea groups is 1. The van der Waals surface area contributed by atoms with Crippen molar-refractivity contribution in [3.8, 4) is 0 Å². The zero-order chi connectivity index (χ0) is 14.8. The number of furan rings is 1. The highest BCUT2D eigenvalue weighted by atomic mass is 16.5. The largest absolute Gasteiger partial charge is 0.481 e. The van der Waals surface area contributed by atoms with Crippen LogP contribution in [0.15, 0.2) is 22.8 Å². The number of hydrogen-bond donors (Lipinski definition) is 3. The second-order valence-corrected chi connectivity index (χ2v) is 5.15. The van der Waals surface area contributed by atoms with E-state index in [-0.39, 0.29) is 19.3 Å². The van der Waals surface area contributed by atoms with Gasteiger partial charge >= 0.3 is 12.0 Å². The number of amides is 2. The lowest BCUT2D eigenvalue weighted by Gasteiger charge is -2.26. The zero-order valence-electron chi connectivity index (χ0n) is 11.4. The van der Waals surface area contributed by atoms with Crippen molar-refractivity contribution in [1.29, 1.82) is 0 Å². The van der Waals surface area contributed by atoms with Crippen molar-refractivity contribution in [1.82, 2.24) is 10.6 Å². The minimum atomic E-state index is -1.11. The topological polar surface area (TPSA) is 101 Å². The molecule has 1 aliphatic rings. The summed E-state index contributed by atoms with van der Waals surface area (Å²) in [4.78, 5) is 23.2. The molecule has 0 spiro atoms. The van der Waals surface area contributed by atoms with Crippen molar-refractivity contribution in [3.05, 3.63) is 24.2 Å². The first-order chi connectivity index (χ1) is 9.43. The summed E-state index contributed by atoms with van der Waals surface area (Å²) in [7, 11) is 0. The Balaban J connectivity index is 1.93. The van der Waals surface area contributed by atoms with E-state index in [0.29, 0.717) is 5.76 Å². The van der Waals surface area contributed by atoms with Gasteiger partial charge in [0.1, 0.15) is 11.2 Å². The molecule has 0 aliphatic carbocycles. The Morgan fingerprint density at radius 3 is 2.90 bits per heavy atom. The van der Waals surface area contributed by atoms with Gasteiger partial charge in [-0.3, -0.25) is 4.79 Å². The molecular formula is C13H18N2O5. The Morgan fingerprint density at radius 1 is 1.55 bits per heavy atom. The van der Waals surface area contributed by atoms with Gasteiger partial charge < -0.3 is 24.9 Å². The van der Waals surface area contributed by atoms with Crippen LogP contribution in [0.1, 0.15) is 25.6 Å². The van der Waals surface area contributed by atoms with Crippen LogP contribution in [0.4, 0.5) is 4.79 Å². The van der Waals surface area contributed by atoms with Gasteiger partial charge in [-0.1, -0.05) is 0 Å². The maximum absolute atomic E-state index is 11.9. The molecule has 7 nitrogen and oxygen atoms in total. The second kappa shape index (κ2) is 5.54. The number of carboxylic acids is 1. The summed E-state index contributed by atoms with van der Waals surface area (Å²) in [6.07, 6.45) is 1.53. The predicted octanol–water partition coefficient (Wildman–Crippen LogP) is 1.13. The van der Waals surface area contributed by atoms with Gasteiger partial charge in [0.25, 0.3) is 0 Å². The standard InChI is InChI=1S/C13H18N2O5/c1-8(9-4-3-5-20-9)14-12(18)15-10-6-19-7-13(10,2)11(16)17/h3-5,8,10H,6-7H2,1-2H3,(H,16,17)(H2,14,15,18). The molecular weight excluding hydrogens is 264 g/mol. The Morgan fingerprint density at radius 2 is 2.30 bits per heavy atom. The van der Waals surface area contributed by atoms with E-state index in [1.54, 1.807) is 26.0 Å². The van der Waals surface area contributed by atoms with Crippen molar-refractivity contribution in [2.75, 3.05) is 13.2 Å². The van der Waals surface area contributed by atoms with Crippen molar-refractivity contribution >= 4 is 12.0 Å². The maximum Gasteiger partial charge on any atom is 0.315 e. The maximum atomic E-state index is 11.9. The molecule has 0 saturated carbocycles. The zero-order valence-corrected chi connectivity index (χ0v) is 11.4. The van der Waals surface area contributed by atoms with Gasteiger partial charge in [-0.15, -0.1) is 0 Å². The average Bonchev–Trinajstić information content (AvgIpc) is 3.00. The number of aliphatic carboxylic acids is 1. The molecule has 1 aromatic heterocycles. The summed E-state index contributed by atoms with van der Waals surface area (Å²) < 4.78 is 10.4. The molecule has 2 heterocycles. The van der Waals surface area contributed by atoms with Gasteiger partial charge in [0.05, 0.1) is 31.6 Å². The molecule has 1 aliphatic heterocycles. The molecule has 3 unspecified atom stereocenters. The number of ether oxygens (including phenoxy) is 1. The van der Waals surface area contributed by atoms with Gasteiger partial charge in [-0.05, 0) is 26.0 Å². The number of rotatable bonds is 4. The number of carbonyl (C=O) groups excluding carboxylic acids is 1. The van der Waals surface area contributed by atoms with E-state index in [4.69, 9.17) is 9.15 Å². The van der Waals surface area contributed by atoms with E-state index in [2.05, 4.69) is 10.6 Å². The van der Waals surface area contributed by atoms with Crippen LogP contribution in [-0.4, -0.2) is 36.4 Å². The van der Waals surface area contributed by atoms with Gasteiger partial charge in [0.15, 0.2) is 0 Å². The second-order valence-electron chi connectivity index (χ2n) is 5.15. The summed E-state index contributed by atoms with van der Waals surface area (Å²) in [5, 5.41) is 14.6. The molecule has 7 heteroatoms. The molecule has 3 atom stereocenters. The Bertz CT molecular complexity index is 487. The minimum absolute atomic E-state index is 0.0843. The van der Waals surface area contributed by atoms with Crippen LogP contribution < -0.4 is 10.6 Å². The highest BCUT2D eigenvalue weighted by Gasteiger charge is 2.47. The van der Waals surface area contributed by atoms with E-state index in [0.717, 1.165) is 0 Å². The smallest absolute Gasteiger partial charge is 0.315 e. The molecule has 110 valence electrons. The van der Waals surface area contributed by atoms with Crippen molar-refractivity contribution in [3.63, 3.8) is 0 Å². The van der Waals surface area contributed by atoms with Gasteiger partial charge in [-0.25, -0.2) is 4.79 Å². The summed E-state index contributed by atoms with van der Waals surface area (Å²) in [6.45, 7) is 3.61. The number of carbonyl (C=O) groups is 2. The molecule has 1 saturated heterocycles. The lowest BCUT2D eigenvalue weighted by atomic mass is 9.85. The molecule has 0 radical (unpaired) electrons. The lowest BCUT2D eigenvalue weighted by Crippen LogP contribution is -2.52. The van der Waals surface area contributed by atoms with Gasteiger partial charge in [0.2, 0.25) is 0 Å². The first-order valence-electron chi connectivity index (χ1n) is 6.35. The summed E-state index contributed by atoms with van der Waals surface area (Å²) in [5.74, 6) is -0.358. The van der Waals surface area contributed by atoms with Gasteiger partial charge in [-0.2, -0.15) is 0 Å². The Kier molecular flexibility index (Phi) is 3.99. The highest BCUT2D eigenvalue weighted by Crippen LogP contribution is 2.28. The third-order valence-corrected chi connectivity index (χ3v) is 3.57. The van der Waals surface area contributed by atoms with Crippen LogP contribution >= 0.6 is 0 Å². The first-order valence-corrected chi connectivity index (χ1v) is 6.35. The van der Waals surface area contributed by atoms with Crippen LogP contribution in [0.2, 0.25) is 0 Å². The van der Waals surface area contributed by atoms with E-state index >= 15 is 0 Å². The van der Waals surface area contributed by atoms with E-state index < -0.39 is 23.5 Å². The molecule has 2 rings (SSSR count). The highest BCUT2D eigenvalue weighted by molar-refractivity contribution is 5.79. The third-order valence-electron chi connectivity index (χ3n) is 3.57. The normalized spacial score (nSPS) is 27.0. The lowest BCUT2D eigenvalue weighted by molar-refractivity contribution is -0.148. The molecule has 1 fully saturated rings. The Labute approximate surface area is 116 Å². The quantitative estimate of drug-likeness (QED) is 0.768. The summed E-state index contributed by atoms with van der Waals surface area (Å²) in [6, 6.07) is 2.17. The average molecular weight is 282 g/mol. The monoisotopic (exact) mass is 282 g/mol. The molecule has 3 N–H and O–H groups in total. The number of carboxylic acid groups (broad SMARTS) is 1. The van der Waals surface area contributed by atoms with Crippen LogP contribution in [0, 0.1) is 5.41 Å². The Hall–Kier alpha value is -2.02. The van der Waals surface area contributed by atoms with Crippen LogP contribution in [0.25, 0.3) is 0 Å². The molecule has 2 amide bonds. The van der Waals surface area contributed by atoms with E-state index in [9.17, 15) is 14.7 Å². The number of hydrogen-bond acceptors (Lipinski definition) is 4. The molecule has 1 aromatic rings. The molecule has 0 aromatic carbocycles. The van der Waals surface area contributed by atoms with Crippen molar-refractivity contribution in [2.45, 2.75) is 25.9 Å². The van der Waals surface area contributed by atoms with Crippen LogP contribution in [-0.2, 0) is 9.53 Å². The SMILES string of the molecule is CC(NC(=O)NC1COCC1(C)C(=O)O)c1ccco1. The van der Waals surface area contributed by atoms with Gasteiger partial charge in [0, 0.05) is 0 Å². The van der Waals surface area contributed by atoms with Crippen molar-refractivity contribution in [2.24, 2.45) is 5.41 Å². The van der Waals surface area contributed by atoms with E-state index in [1.165, 1.54) is 6.26 Å². The predicted molar refractivity (Wildman–Crippen MR) is 69.1 cm³/mol. The third kappa shape index (κ3) is 2.77.